The largest absolute Gasteiger partial charge is 0.428 e. The molecule has 6 nitrogen and oxygen atoms in total. The molecule has 1 aromatic rings. The SMILES string of the molecule is CN(C)/C=C(\C(=O)Nc1cc(OC=O)c(C(C)(C)C)cc1C(C)(C)C)C(=O)C1=CCCC=C1P. The molecule has 0 spiro atoms. The van der Waals surface area contributed by atoms with E-state index in [1.54, 1.807) is 25.1 Å². The number of hydrogen-bond acceptors (Lipinski definition) is 5. The zero-order chi connectivity index (χ0) is 25.8. The molecule has 0 aliphatic heterocycles. The molecule has 0 saturated carbocycles. The Balaban J connectivity index is 2.59. The van der Waals surface area contributed by atoms with Crippen LogP contribution < -0.4 is 10.1 Å². The molecule has 0 radical (unpaired) electrons. The maximum Gasteiger partial charge on any atom is 0.298 e. The molecule has 1 atom stereocenters. The molecule has 1 aromatic carbocycles. The third-order valence-electron chi connectivity index (χ3n) is 5.47. The Morgan fingerprint density at radius 1 is 1.00 bits per heavy atom. The summed E-state index contributed by atoms with van der Waals surface area (Å²) in [5, 5.41) is 3.72. The number of nitrogens with one attached hydrogen (secondary N) is 1. The van der Waals surface area contributed by atoms with Gasteiger partial charge >= 0.3 is 0 Å². The van der Waals surface area contributed by atoms with Crippen LogP contribution in [0.4, 0.5) is 5.69 Å². The van der Waals surface area contributed by atoms with Gasteiger partial charge in [0.05, 0.1) is 0 Å². The van der Waals surface area contributed by atoms with E-state index in [0.717, 1.165) is 29.3 Å². The number of ketones is 1. The Hall–Kier alpha value is -2.72. The first-order valence-electron chi connectivity index (χ1n) is 11.4. The molecule has 34 heavy (non-hydrogen) atoms. The van der Waals surface area contributed by atoms with Gasteiger partial charge in [-0.1, -0.05) is 53.7 Å². The number of hydrogen-bond donors (Lipinski definition) is 1. The second kappa shape index (κ2) is 10.7. The number of benzene rings is 1. The second-order valence-electron chi connectivity index (χ2n) is 10.8. The smallest absolute Gasteiger partial charge is 0.298 e. The van der Waals surface area contributed by atoms with E-state index in [1.165, 1.54) is 6.20 Å². The maximum absolute atomic E-state index is 13.5. The number of carbonyl (C=O) groups is 3. The zero-order valence-corrected chi connectivity index (χ0v) is 22.7. The predicted octanol–water partition coefficient (Wildman–Crippen LogP) is 5.25. The van der Waals surface area contributed by atoms with Crippen molar-refractivity contribution in [2.45, 2.75) is 65.2 Å². The number of nitrogens with zero attached hydrogens (tertiary/aromatic N) is 1. The van der Waals surface area contributed by atoms with E-state index in [0.29, 0.717) is 23.5 Å². The lowest BCUT2D eigenvalue weighted by Crippen LogP contribution is -2.27. The molecule has 1 aliphatic carbocycles. The van der Waals surface area contributed by atoms with E-state index >= 15 is 0 Å². The monoisotopic (exact) mass is 484 g/mol. The van der Waals surface area contributed by atoms with Gasteiger partial charge in [0.1, 0.15) is 11.3 Å². The van der Waals surface area contributed by atoms with Gasteiger partial charge < -0.3 is 15.0 Å². The highest BCUT2D eigenvalue weighted by molar-refractivity contribution is 7.23. The molecule has 7 heteroatoms. The number of Topliss-reactive ketones (excluding diaryl/α,β-unsaturated/α-hetero) is 1. The van der Waals surface area contributed by atoms with Crippen LogP contribution in [0.3, 0.4) is 0 Å². The lowest BCUT2D eigenvalue weighted by atomic mass is 9.79. The molecule has 2 rings (SSSR count). The molecular formula is C27H37N2O4P. The van der Waals surface area contributed by atoms with Gasteiger partial charge in [-0.3, -0.25) is 14.4 Å². The molecule has 0 saturated heterocycles. The lowest BCUT2D eigenvalue weighted by molar-refractivity contribution is -0.121. The van der Waals surface area contributed by atoms with Crippen molar-refractivity contribution in [1.29, 1.82) is 0 Å². The van der Waals surface area contributed by atoms with Gasteiger partial charge in [-0.25, -0.2) is 0 Å². The second-order valence-corrected chi connectivity index (χ2v) is 11.4. The highest BCUT2D eigenvalue weighted by Gasteiger charge is 2.29. The van der Waals surface area contributed by atoms with Crippen molar-refractivity contribution in [3.05, 3.63) is 58.1 Å². The molecule has 184 valence electrons. The molecule has 1 N–H and O–H groups in total. The summed E-state index contributed by atoms with van der Waals surface area (Å²) in [4.78, 5) is 39.7. The van der Waals surface area contributed by atoms with Crippen molar-refractivity contribution in [3.63, 3.8) is 0 Å². The molecule has 1 aliphatic rings. The first kappa shape index (κ1) is 27.5. The first-order chi connectivity index (χ1) is 15.7. The fourth-order valence-electron chi connectivity index (χ4n) is 3.77. The van der Waals surface area contributed by atoms with Gasteiger partial charge in [0.2, 0.25) is 0 Å². The van der Waals surface area contributed by atoms with Crippen molar-refractivity contribution in [3.8, 4) is 5.75 Å². The summed E-state index contributed by atoms with van der Waals surface area (Å²) in [6.07, 6.45) is 7.01. The number of amides is 1. The van der Waals surface area contributed by atoms with Crippen LogP contribution in [0.1, 0.15) is 65.5 Å². The number of anilines is 1. The number of ether oxygens (including phenoxy) is 1. The summed E-state index contributed by atoms with van der Waals surface area (Å²) in [6.45, 7) is 12.6. The van der Waals surface area contributed by atoms with Gasteiger partial charge in [0, 0.05) is 43.2 Å². The van der Waals surface area contributed by atoms with Gasteiger partial charge in [0.15, 0.2) is 5.78 Å². The van der Waals surface area contributed by atoms with E-state index in [2.05, 4.69) is 14.6 Å². The Morgan fingerprint density at radius 3 is 2.09 bits per heavy atom. The van der Waals surface area contributed by atoms with E-state index in [1.807, 2.05) is 59.8 Å². The van der Waals surface area contributed by atoms with Crippen molar-refractivity contribution in [2.75, 3.05) is 19.4 Å². The van der Waals surface area contributed by atoms with Crippen LogP contribution in [0.5, 0.6) is 5.75 Å². The summed E-state index contributed by atoms with van der Waals surface area (Å²) in [5.74, 6) is -0.477. The molecule has 0 fully saturated rings. The fraction of sp³-hybridized carbons (Fsp3) is 0.444. The van der Waals surface area contributed by atoms with Crippen LogP contribution in [0, 0.1) is 0 Å². The van der Waals surface area contributed by atoms with Crippen LogP contribution in [0.15, 0.2) is 46.9 Å². The Morgan fingerprint density at radius 2 is 1.59 bits per heavy atom. The number of carbonyl (C=O) groups excluding carboxylic acids is 3. The lowest BCUT2D eigenvalue weighted by Gasteiger charge is -2.29. The highest BCUT2D eigenvalue weighted by Crippen LogP contribution is 2.40. The summed E-state index contributed by atoms with van der Waals surface area (Å²) in [5.41, 5.74) is 2.17. The van der Waals surface area contributed by atoms with Gasteiger partial charge in [-0.05, 0) is 40.6 Å². The van der Waals surface area contributed by atoms with Crippen molar-refractivity contribution in [1.82, 2.24) is 4.90 Å². The predicted molar refractivity (Wildman–Crippen MR) is 141 cm³/mol. The number of allylic oxidation sites excluding steroid dienone is 4. The van der Waals surface area contributed by atoms with Crippen molar-refractivity contribution < 1.29 is 19.1 Å². The molecule has 0 aromatic heterocycles. The Kier molecular flexibility index (Phi) is 8.65. The van der Waals surface area contributed by atoms with E-state index < -0.39 is 5.91 Å². The van der Waals surface area contributed by atoms with Crippen LogP contribution >= 0.6 is 9.24 Å². The third kappa shape index (κ3) is 6.66. The first-order valence-corrected chi connectivity index (χ1v) is 11.9. The summed E-state index contributed by atoms with van der Waals surface area (Å²) in [7, 11) is 6.11. The Bertz CT molecular complexity index is 1070. The van der Waals surface area contributed by atoms with Gasteiger partial charge in [0.25, 0.3) is 12.4 Å². The average Bonchev–Trinajstić information content (AvgIpc) is 2.70. The maximum atomic E-state index is 13.5. The Labute approximate surface area is 205 Å². The third-order valence-corrected chi connectivity index (χ3v) is 6.02. The van der Waals surface area contributed by atoms with E-state index in [9.17, 15) is 14.4 Å². The van der Waals surface area contributed by atoms with Crippen molar-refractivity contribution in [2.24, 2.45) is 0 Å². The molecule has 1 amide bonds. The van der Waals surface area contributed by atoms with E-state index in [-0.39, 0.29) is 22.2 Å². The molecule has 1 unspecified atom stereocenters. The number of rotatable bonds is 7. The van der Waals surface area contributed by atoms with Crippen LogP contribution in [-0.4, -0.2) is 37.2 Å². The van der Waals surface area contributed by atoms with Crippen LogP contribution in [-0.2, 0) is 25.2 Å². The average molecular weight is 485 g/mol. The van der Waals surface area contributed by atoms with E-state index in [4.69, 9.17) is 4.74 Å². The topological polar surface area (TPSA) is 75.7 Å². The van der Waals surface area contributed by atoms with Crippen LogP contribution in [0.25, 0.3) is 0 Å². The molecular weight excluding hydrogens is 447 g/mol. The van der Waals surface area contributed by atoms with Crippen molar-refractivity contribution >= 4 is 33.1 Å². The quantitative estimate of drug-likeness (QED) is 0.188. The van der Waals surface area contributed by atoms with Gasteiger partial charge in [-0.15, -0.1) is 9.24 Å². The highest BCUT2D eigenvalue weighted by atomic mass is 31.0. The standard InChI is InChI=1S/C27H37N2O4P/c1-26(2,3)19-13-20(27(4,5)6)22(33-16-30)14-21(19)28-25(32)18(15-29(7)8)24(31)17-11-9-10-12-23(17)34/h11-16H,9-10,34H2,1-8H3,(H,28,32)/b18-15-. The molecule has 0 heterocycles. The minimum atomic E-state index is -0.519. The van der Waals surface area contributed by atoms with Crippen LogP contribution in [0.2, 0.25) is 0 Å². The summed E-state index contributed by atoms with van der Waals surface area (Å²) >= 11 is 0. The van der Waals surface area contributed by atoms with Gasteiger partial charge in [-0.2, -0.15) is 0 Å². The minimum Gasteiger partial charge on any atom is -0.428 e. The summed E-state index contributed by atoms with van der Waals surface area (Å²) in [6, 6.07) is 3.64. The summed E-state index contributed by atoms with van der Waals surface area (Å²) < 4.78 is 5.29. The normalized spacial score (nSPS) is 14.7. The zero-order valence-electron chi connectivity index (χ0n) is 21.5. The molecule has 0 bridgehead atoms. The minimum absolute atomic E-state index is 0.0316. The fourth-order valence-corrected chi connectivity index (χ4v) is 4.19.